The number of amides is 2. The van der Waals surface area contributed by atoms with Crippen molar-refractivity contribution in [2.75, 3.05) is 13.1 Å². The fourth-order valence-electron chi connectivity index (χ4n) is 8.44. The number of unbranched alkanes of at least 4 members (excludes halogenated alkanes) is 4. The Balaban J connectivity index is 0.000000335. The largest absolute Gasteiger partial charge is 0.507 e. The first kappa shape index (κ1) is 52.6. The molecule has 0 aliphatic heterocycles. The minimum atomic E-state index is -0.684. The van der Waals surface area contributed by atoms with E-state index in [-0.39, 0.29) is 52.9 Å². The molecule has 0 bridgehead atoms. The number of phenolic OH excluding ortho intramolecular Hbond substituents is 2. The topological polar surface area (TPSA) is 134 Å². The average molecular weight is 869 g/mol. The number of carbonyl (C=O) groups excluding carboxylic acids is 3. The van der Waals surface area contributed by atoms with Crippen molar-refractivity contribution in [3.05, 3.63) is 94.1 Å². The van der Waals surface area contributed by atoms with Gasteiger partial charge in [0.25, 0.3) is 0 Å². The van der Waals surface area contributed by atoms with Crippen molar-refractivity contribution >= 4 is 18.0 Å². The Morgan fingerprint density at radius 3 is 1.51 bits per heavy atom. The monoisotopic (exact) mass is 869 g/mol. The van der Waals surface area contributed by atoms with Gasteiger partial charge in [0.05, 0.1) is 6.54 Å². The first-order chi connectivity index (χ1) is 29.8. The van der Waals surface area contributed by atoms with Crippen molar-refractivity contribution in [3.63, 3.8) is 0 Å². The van der Waals surface area contributed by atoms with Crippen LogP contribution in [0.4, 0.5) is 9.59 Å². The van der Waals surface area contributed by atoms with Crippen LogP contribution in [0.25, 0.3) is 0 Å². The lowest BCUT2D eigenvalue weighted by molar-refractivity contribution is -0.117. The van der Waals surface area contributed by atoms with E-state index in [4.69, 9.17) is 9.47 Å². The third-order valence-corrected chi connectivity index (χ3v) is 12.8. The van der Waals surface area contributed by atoms with Gasteiger partial charge in [0.2, 0.25) is 0 Å². The number of nitrogens with one attached hydrogen (secondary N) is 2. The van der Waals surface area contributed by atoms with Gasteiger partial charge in [-0.15, -0.1) is 0 Å². The van der Waals surface area contributed by atoms with Gasteiger partial charge in [-0.1, -0.05) is 115 Å². The molecular weight excluding hydrogens is 789 g/mol. The number of ketones is 1. The molecule has 0 radical (unpaired) electrons. The smallest absolute Gasteiger partial charge is 0.412 e. The van der Waals surface area contributed by atoms with E-state index in [1.807, 2.05) is 32.0 Å². The highest BCUT2D eigenvalue weighted by atomic mass is 16.6. The summed E-state index contributed by atoms with van der Waals surface area (Å²) in [6.45, 7) is 29.5. The van der Waals surface area contributed by atoms with Crippen molar-refractivity contribution in [3.8, 4) is 23.0 Å². The Morgan fingerprint density at radius 1 is 0.698 bits per heavy atom. The Hall–Kier alpha value is -4.79. The minimum Gasteiger partial charge on any atom is -0.507 e. The molecule has 0 saturated carbocycles. The molecule has 0 heterocycles. The molecule has 2 aliphatic carbocycles. The maximum Gasteiger partial charge on any atom is 0.412 e. The summed E-state index contributed by atoms with van der Waals surface area (Å²) >= 11 is 0. The molecule has 2 amide bonds. The highest BCUT2D eigenvalue weighted by Gasteiger charge is 2.33. The van der Waals surface area contributed by atoms with E-state index >= 15 is 0 Å². The zero-order valence-electron chi connectivity index (χ0n) is 40.4. The molecular formula is C54H80N2O7. The van der Waals surface area contributed by atoms with Gasteiger partial charge in [-0.05, 0) is 138 Å². The fraction of sp³-hybridized carbons (Fsp3) is 0.574. The van der Waals surface area contributed by atoms with Crippen molar-refractivity contribution < 1.29 is 34.1 Å². The van der Waals surface area contributed by atoms with Crippen molar-refractivity contribution in [2.24, 2.45) is 17.3 Å². The SMILES string of the molecule is C=C(C)[C@@H]1CCC(C)=C[C@H]1c1c(O)cc(CCCCC)cc1OC(=O)NCC(=O)CC.C=C(C)[C@@H]1CCC(C)=C[C@H]1c1c(O)cc(CCCCC)cc1OC(=O)NCC(C)(C)CC. The van der Waals surface area contributed by atoms with E-state index < -0.39 is 12.2 Å². The number of hydrogen-bond acceptors (Lipinski definition) is 7. The molecule has 2 aromatic rings. The Bertz CT molecular complexity index is 1960. The van der Waals surface area contributed by atoms with Crippen LogP contribution < -0.4 is 20.1 Å². The molecule has 0 saturated heterocycles. The molecule has 0 unspecified atom stereocenters. The Labute approximate surface area is 379 Å². The van der Waals surface area contributed by atoms with Crippen LogP contribution in [0.3, 0.4) is 0 Å². The van der Waals surface area contributed by atoms with Crippen molar-refractivity contribution in [2.45, 2.75) is 171 Å². The summed E-state index contributed by atoms with van der Waals surface area (Å²) in [5, 5.41) is 27.5. The fourth-order valence-corrected chi connectivity index (χ4v) is 8.44. The standard InChI is InChI=1S/C28H43NO3.C26H37NO4/c1-8-10-11-12-21-16-24(30)26(23-15-20(5)13-14-22(23)19(3)4)25(17-21)32-27(31)29-18-28(6,7)9-2;1-6-8-9-10-19-14-23(29)25(22-13-18(5)11-12-21(22)17(3)4)24(15-19)31-26(30)27-16-20(28)7-2/h15-17,22-23,30H,3,8-14,18H2,1-2,4-7H3,(H,29,31);13-15,21-22,29H,3,6-12,16H2,1-2,4-5H3,(H,27,30)/t22-,23+;21-,22+/m00/s1. The number of phenols is 2. The van der Waals surface area contributed by atoms with Gasteiger partial charge in [0.15, 0.2) is 5.78 Å². The van der Waals surface area contributed by atoms with Crippen LogP contribution in [-0.4, -0.2) is 41.3 Å². The van der Waals surface area contributed by atoms with Gasteiger partial charge in [-0.25, -0.2) is 9.59 Å². The van der Waals surface area contributed by atoms with Crippen LogP contribution in [0.1, 0.15) is 180 Å². The van der Waals surface area contributed by atoms with Crippen molar-refractivity contribution in [1.29, 1.82) is 0 Å². The van der Waals surface area contributed by atoms with Crippen LogP contribution in [0.5, 0.6) is 23.0 Å². The van der Waals surface area contributed by atoms with Crippen LogP contribution in [-0.2, 0) is 17.6 Å². The normalized spacial score (nSPS) is 18.5. The van der Waals surface area contributed by atoms with Gasteiger partial charge >= 0.3 is 12.2 Å². The summed E-state index contributed by atoms with van der Waals surface area (Å²) in [5.41, 5.74) is 7.92. The number of aromatic hydroxyl groups is 2. The number of hydrogen-bond donors (Lipinski definition) is 4. The lowest BCUT2D eigenvalue weighted by atomic mass is 9.73. The second kappa shape index (κ2) is 25.5. The Kier molecular flexibility index (Phi) is 21.3. The van der Waals surface area contributed by atoms with E-state index in [0.717, 1.165) is 106 Å². The van der Waals surface area contributed by atoms with Gasteiger partial charge < -0.3 is 30.3 Å². The highest BCUT2D eigenvalue weighted by molar-refractivity contribution is 5.84. The molecule has 0 fully saturated rings. The number of aryl methyl sites for hydroxylation is 2. The molecule has 2 aromatic carbocycles. The molecule has 2 aliphatic rings. The molecule has 63 heavy (non-hydrogen) atoms. The predicted octanol–water partition coefficient (Wildman–Crippen LogP) is 13.9. The maximum absolute atomic E-state index is 12.7. The van der Waals surface area contributed by atoms with E-state index in [1.165, 1.54) is 11.1 Å². The van der Waals surface area contributed by atoms with E-state index in [2.05, 4.69) is 84.4 Å². The zero-order valence-corrected chi connectivity index (χ0v) is 40.4. The third-order valence-electron chi connectivity index (χ3n) is 12.8. The molecule has 348 valence electrons. The summed E-state index contributed by atoms with van der Waals surface area (Å²) in [6, 6.07) is 7.45. The summed E-state index contributed by atoms with van der Waals surface area (Å²) in [6.07, 6.45) is 16.6. The Morgan fingerprint density at radius 2 is 1.13 bits per heavy atom. The first-order valence-electron chi connectivity index (χ1n) is 23.6. The first-order valence-corrected chi connectivity index (χ1v) is 23.6. The van der Waals surface area contributed by atoms with Crippen LogP contribution in [0, 0.1) is 17.3 Å². The maximum atomic E-state index is 12.7. The van der Waals surface area contributed by atoms with Gasteiger partial charge in [0.1, 0.15) is 23.0 Å². The number of rotatable bonds is 20. The number of benzene rings is 2. The van der Waals surface area contributed by atoms with Crippen LogP contribution in [0.2, 0.25) is 0 Å². The number of carbonyl (C=O) groups is 3. The molecule has 9 nitrogen and oxygen atoms in total. The second-order valence-electron chi connectivity index (χ2n) is 18.9. The average Bonchev–Trinajstić information content (AvgIpc) is 3.22. The van der Waals surface area contributed by atoms with E-state index in [0.29, 0.717) is 35.6 Å². The second-order valence-corrected chi connectivity index (χ2v) is 18.9. The van der Waals surface area contributed by atoms with Crippen LogP contribution in [0.15, 0.2) is 71.9 Å². The van der Waals surface area contributed by atoms with Gasteiger partial charge in [0, 0.05) is 35.9 Å². The van der Waals surface area contributed by atoms with Gasteiger partial charge in [-0.2, -0.15) is 0 Å². The molecule has 0 aromatic heterocycles. The molecule has 4 atom stereocenters. The quantitative estimate of drug-likeness (QED) is 0.0769. The lowest BCUT2D eigenvalue weighted by Crippen LogP contribution is -2.35. The number of ether oxygens (including phenoxy) is 2. The minimum absolute atomic E-state index is 0.000255. The zero-order chi connectivity index (χ0) is 46.9. The molecule has 0 spiro atoms. The summed E-state index contributed by atoms with van der Waals surface area (Å²) in [7, 11) is 0. The summed E-state index contributed by atoms with van der Waals surface area (Å²) in [5.74, 6) is 1.30. The predicted molar refractivity (Wildman–Crippen MR) is 258 cm³/mol. The molecule has 9 heteroatoms. The van der Waals surface area contributed by atoms with E-state index in [1.54, 1.807) is 13.0 Å². The number of allylic oxidation sites excluding steroid dienone is 6. The van der Waals surface area contributed by atoms with Crippen molar-refractivity contribution in [1.82, 2.24) is 10.6 Å². The number of Topliss-reactive ketones (excluding diaryl/α,β-unsaturated/α-hetero) is 1. The summed E-state index contributed by atoms with van der Waals surface area (Å²) in [4.78, 5) is 36.7. The summed E-state index contributed by atoms with van der Waals surface area (Å²) < 4.78 is 11.5. The highest BCUT2D eigenvalue weighted by Crippen LogP contribution is 2.48. The van der Waals surface area contributed by atoms with Gasteiger partial charge in [-0.3, -0.25) is 4.79 Å². The third kappa shape index (κ3) is 16.4. The molecule has 4 rings (SSSR count). The van der Waals surface area contributed by atoms with E-state index in [9.17, 15) is 24.6 Å². The van der Waals surface area contributed by atoms with Crippen LogP contribution >= 0.6 is 0 Å². The lowest BCUT2D eigenvalue weighted by Gasteiger charge is -2.32. The molecule has 4 N–H and O–H groups in total.